The Morgan fingerprint density at radius 2 is 2.11 bits per heavy atom. The minimum absolute atomic E-state index is 0.142. The molecule has 0 heterocycles. The van der Waals surface area contributed by atoms with Crippen LogP contribution in [0.3, 0.4) is 0 Å². The molecule has 0 aliphatic carbocycles. The Morgan fingerprint density at radius 1 is 1.44 bits per heavy atom. The Bertz CT molecular complexity index is 544. The van der Waals surface area contributed by atoms with Crippen LogP contribution in [-0.4, -0.2) is 26.7 Å². The topological polar surface area (TPSA) is 102 Å². The van der Waals surface area contributed by atoms with E-state index in [4.69, 9.17) is 9.63 Å². The van der Waals surface area contributed by atoms with Crippen molar-refractivity contribution in [3.05, 3.63) is 23.8 Å². The molecule has 1 aromatic carbocycles. The molecule has 2 N–H and O–H groups in total. The quantitative estimate of drug-likeness (QED) is 0.758. The summed E-state index contributed by atoms with van der Waals surface area (Å²) in [6.07, 6.45) is 1.03. The number of nitrogens with one attached hydrogen (secondary N) is 1. The largest absolute Gasteiger partial charge is 0.496 e. The van der Waals surface area contributed by atoms with E-state index in [1.807, 2.05) is 0 Å². The monoisotopic (exact) mass is 295 g/mol. The lowest BCUT2D eigenvalue weighted by Gasteiger charge is -2.11. The average Bonchev–Trinajstić information content (AvgIpc) is 2.24. The molecule has 0 bridgehead atoms. The number of methoxy groups -OCH3 is 1. The smallest absolute Gasteiger partial charge is 0.316 e. The first-order valence-electron chi connectivity index (χ1n) is 4.82. The van der Waals surface area contributed by atoms with Gasteiger partial charge >= 0.3 is 8.25 Å². The number of hydrogen-bond donors (Lipinski definition) is 2. The van der Waals surface area contributed by atoms with E-state index in [-0.39, 0.29) is 6.61 Å². The molecule has 7 nitrogen and oxygen atoms in total. The fourth-order valence-electron chi connectivity index (χ4n) is 1.31. The summed E-state index contributed by atoms with van der Waals surface area (Å²) in [5, 5.41) is 0. The van der Waals surface area contributed by atoms with E-state index in [0.29, 0.717) is 17.0 Å². The lowest BCUT2D eigenvalue weighted by atomic mass is 10.2. The van der Waals surface area contributed by atoms with Crippen molar-refractivity contribution in [1.29, 1.82) is 0 Å². The van der Waals surface area contributed by atoms with Gasteiger partial charge in [-0.3, -0.25) is 9.29 Å². The van der Waals surface area contributed by atoms with Crippen LogP contribution in [0.4, 0.5) is 5.69 Å². The van der Waals surface area contributed by atoms with E-state index >= 15 is 0 Å². The van der Waals surface area contributed by atoms with Crippen molar-refractivity contribution >= 4 is 24.0 Å². The Balaban J connectivity index is 2.97. The molecule has 0 spiro atoms. The molecular weight excluding hydrogens is 281 g/mol. The first-order valence-corrected chi connectivity index (χ1v) is 7.98. The van der Waals surface area contributed by atoms with Crippen molar-refractivity contribution in [2.75, 3.05) is 18.1 Å². The number of hydrogen-bond acceptors (Lipinski definition) is 5. The van der Waals surface area contributed by atoms with E-state index in [1.54, 1.807) is 6.07 Å². The van der Waals surface area contributed by atoms with Crippen LogP contribution in [0.5, 0.6) is 5.75 Å². The predicted molar refractivity (Wildman–Crippen MR) is 67.5 cm³/mol. The van der Waals surface area contributed by atoms with Crippen LogP contribution in [0.25, 0.3) is 0 Å². The van der Waals surface area contributed by atoms with Crippen LogP contribution in [0, 0.1) is 0 Å². The van der Waals surface area contributed by atoms with Gasteiger partial charge in [0.2, 0.25) is 10.0 Å². The molecule has 0 amide bonds. The van der Waals surface area contributed by atoms with Crippen LogP contribution >= 0.6 is 8.25 Å². The Labute approximate surface area is 106 Å². The van der Waals surface area contributed by atoms with E-state index in [1.165, 1.54) is 19.2 Å². The Hall–Kier alpha value is -1.08. The summed E-state index contributed by atoms with van der Waals surface area (Å²) in [5.41, 5.74) is 0.799. The lowest BCUT2D eigenvalue weighted by molar-refractivity contribution is 0.267. The third kappa shape index (κ3) is 5.05. The summed E-state index contributed by atoms with van der Waals surface area (Å²) < 4.78 is 44.6. The molecule has 0 saturated carbocycles. The van der Waals surface area contributed by atoms with Crippen LogP contribution in [0.15, 0.2) is 18.2 Å². The van der Waals surface area contributed by atoms with Crippen molar-refractivity contribution in [2.24, 2.45) is 0 Å². The zero-order valence-corrected chi connectivity index (χ0v) is 11.7. The molecule has 0 saturated heterocycles. The molecule has 0 aliphatic rings. The summed E-state index contributed by atoms with van der Waals surface area (Å²) in [4.78, 5) is 8.60. The van der Waals surface area contributed by atoms with E-state index < -0.39 is 18.3 Å². The van der Waals surface area contributed by atoms with E-state index in [0.717, 1.165) is 6.26 Å². The second-order valence-electron chi connectivity index (χ2n) is 3.46. The SMILES string of the molecule is COc1ccc(NS(C)(=O)=O)cc1CO[PH](=O)O. The maximum absolute atomic E-state index is 11.1. The van der Waals surface area contributed by atoms with Gasteiger partial charge < -0.3 is 14.2 Å². The summed E-state index contributed by atoms with van der Waals surface area (Å²) in [6.45, 7) is -0.142. The first-order chi connectivity index (χ1) is 8.31. The van der Waals surface area contributed by atoms with Gasteiger partial charge in [0, 0.05) is 11.3 Å². The normalized spacial score (nSPS) is 13.1. The summed E-state index contributed by atoms with van der Waals surface area (Å²) in [7, 11) is -4.99. The minimum Gasteiger partial charge on any atom is -0.496 e. The standard InChI is InChI=1S/C9H14NO6PS/c1-15-9-4-3-8(10-18(2,13)14)5-7(9)6-16-17(11)12/h3-5,10,17H,6H2,1-2H3,(H,11,12). The molecule has 1 unspecified atom stereocenters. The zero-order chi connectivity index (χ0) is 13.8. The number of sulfonamides is 1. The second kappa shape index (κ2) is 6.19. The third-order valence-corrected chi connectivity index (χ3v) is 2.93. The van der Waals surface area contributed by atoms with Gasteiger partial charge in [0.1, 0.15) is 5.75 Å². The Kier molecular flexibility index (Phi) is 5.15. The average molecular weight is 295 g/mol. The molecule has 1 rings (SSSR count). The minimum atomic E-state index is -3.38. The molecule has 102 valence electrons. The summed E-state index contributed by atoms with van der Waals surface area (Å²) in [6, 6.07) is 4.54. The van der Waals surface area contributed by atoms with E-state index in [2.05, 4.69) is 9.25 Å². The highest BCUT2D eigenvalue weighted by Crippen LogP contribution is 2.27. The van der Waals surface area contributed by atoms with Crippen LogP contribution in [0.1, 0.15) is 5.56 Å². The van der Waals surface area contributed by atoms with Crippen molar-refractivity contribution in [1.82, 2.24) is 0 Å². The number of anilines is 1. The van der Waals surface area contributed by atoms with Gasteiger partial charge in [-0.05, 0) is 18.2 Å². The van der Waals surface area contributed by atoms with Crippen molar-refractivity contribution in [3.63, 3.8) is 0 Å². The zero-order valence-electron chi connectivity index (χ0n) is 9.84. The highest BCUT2D eigenvalue weighted by molar-refractivity contribution is 7.92. The van der Waals surface area contributed by atoms with Crippen molar-refractivity contribution < 1.29 is 27.1 Å². The molecule has 0 fully saturated rings. The summed E-state index contributed by atoms with van der Waals surface area (Å²) >= 11 is 0. The van der Waals surface area contributed by atoms with Crippen LogP contribution in [-0.2, 0) is 25.7 Å². The molecule has 18 heavy (non-hydrogen) atoms. The van der Waals surface area contributed by atoms with Gasteiger partial charge in [-0.25, -0.2) is 8.42 Å². The number of ether oxygens (including phenoxy) is 1. The molecule has 1 atom stereocenters. The number of rotatable bonds is 6. The maximum Gasteiger partial charge on any atom is 0.316 e. The van der Waals surface area contributed by atoms with Crippen LogP contribution in [0.2, 0.25) is 0 Å². The first kappa shape index (κ1) is 15.0. The van der Waals surface area contributed by atoms with Gasteiger partial charge in [0.05, 0.1) is 20.0 Å². The predicted octanol–water partition coefficient (Wildman–Crippen LogP) is 0.965. The Morgan fingerprint density at radius 3 is 2.61 bits per heavy atom. The van der Waals surface area contributed by atoms with Gasteiger partial charge in [-0.1, -0.05) is 0 Å². The molecule has 9 heteroatoms. The summed E-state index contributed by atoms with van der Waals surface area (Å²) in [5.74, 6) is 0.442. The fourth-order valence-corrected chi connectivity index (χ4v) is 2.14. The van der Waals surface area contributed by atoms with Crippen LogP contribution < -0.4 is 9.46 Å². The van der Waals surface area contributed by atoms with Gasteiger partial charge in [-0.2, -0.15) is 0 Å². The van der Waals surface area contributed by atoms with Gasteiger partial charge in [0.25, 0.3) is 0 Å². The second-order valence-corrected chi connectivity index (χ2v) is 6.02. The van der Waals surface area contributed by atoms with E-state index in [9.17, 15) is 13.0 Å². The van der Waals surface area contributed by atoms with Crippen molar-refractivity contribution in [3.8, 4) is 5.75 Å². The maximum atomic E-state index is 11.1. The molecule has 0 aliphatic heterocycles. The van der Waals surface area contributed by atoms with Gasteiger partial charge in [0.15, 0.2) is 0 Å². The third-order valence-electron chi connectivity index (χ3n) is 1.93. The molecule has 0 radical (unpaired) electrons. The highest BCUT2D eigenvalue weighted by atomic mass is 32.2. The molecule has 0 aromatic heterocycles. The highest BCUT2D eigenvalue weighted by Gasteiger charge is 2.08. The van der Waals surface area contributed by atoms with Gasteiger partial charge in [-0.15, -0.1) is 0 Å². The molecular formula is C9H14NO6PS. The van der Waals surface area contributed by atoms with Crippen molar-refractivity contribution in [2.45, 2.75) is 6.61 Å². The lowest BCUT2D eigenvalue weighted by Crippen LogP contribution is -2.10. The number of benzene rings is 1. The fraction of sp³-hybridized carbons (Fsp3) is 0.333. The molecule has 1 aromatic rings.